The Morgan fingerprint density at radius 1 is 0.327 bits per heavy atom. The lowest BCUT2D eigenvalue weighted by atomic mass is 9.78. The van der Waals surface area contributed by atoms with E-state index in [0.29, 0.717) is 0 Å². The van der Waals surface area contributed by atoms with Crippen LogP contribution < -0.4 is 0 Å². The lowest BCUT2D eigenvalue weighted by molar-refractivity contribution is 0.662. The minimum absolute atomic E-state index is 0.102. The highest BCUT2D eigenvalue weighted by Gasteiger charge is 2.38. The molecular weight excluding hydrogens is 589 g/mol. The first kappa shape index (κ1) is 28.1. The molecular formula is C49H34. The first-order valence-electron chi connectivity index (χ1n) is 17.3. The fourth-order valence-electron chi connectivity index (χ4n) is 8.80. The van der Waals surface area contributed by atoms with Crippen LogP contribution in [0.1, 0.15) is 25.0 Å². The highest BCUT2D eigenvalue weighted by Crippen LogP contribution is 2.54. The van der Waals surface area contributed by atoms with Crippen LogP contribution in [-0.4, -0.2) is 0 Å². The van der Waals surface area contributed by atoms with Gasteiger partial charge in [-0.3, -0.25) is 0 Å². The van der Waals surface area contributed by atoms with Gasteiger partial charge in [-0.25, -0.2) is 0 Å². The molecule has 49 heavy (non-hydrogen) atoms. The van der Waals surface area contributed by atoms with Gasteiger partial charge in [0.1, 0.15) is 0 Å². The predicted molar refractivity (Wildman–Crippen MR) is 210 cm³/mol. The van der Waals surface area contributed by atoms with Crippen molar-refractivity contribution < 1.29 is 0 Å². The molecule has 0 atom stereocenters. The molecule has 0 fully saturated rings. The van der Waals surface area contributed by atoms with Crippen molar-refractivity contribution in [3.05, 3.63) is 181 Å². The lowest BCUT2D eigenvalue weighted by Crippen LogP contribution is -2.16. The van der Waals surface area contributed by atoms with Crippen LogP contribution in [0.15, 0.2) is 170 Å². The van der Waals surface area contributed by atoms with Crippen molar-refractivity contribution in [2.45, 2.75) is 19.3 Å². The van der Waals surface area contributed by atoms with Crippen LogP contribution >= 0.6 is 0 Å². The molecule has 0 aliphatic heterocycles. The second kappa shape index (κ2) is 10.5. The third kappa shape index (κ3) is 4.11. The molecule has 0 nitrogen and oxygen atoms in total. The van der Waals surface area contributed by atoms with E-state index in [1.54, 1.807) is 0 Å². The summed E-state index contributed by atoms with van der Waals surface area (Å²) in [5, 5.41) is 10.3. The summed E-state index contributed by atoms with van der Waals surface area (Å²) < 4.78 is 0. The summed E-state index contributed by atoms with van der Waals surface area (Å²) in [5.74, 6) is 0. The Balaban J connectivity index is 1.15. The molecule has 0 radical (unpaired) electrons. The van der Waals surface area contributed by atoms with Gasteiger partial charge in [-0.2, -0.15) is 0 Å². The molecule has 0 bridgehead atoms. The van der Waals surface area contributed by atoms with Crippen LogP contribution in [0.2, 0.25) is 0 Å². The van der Waals surface area contributed by atoms with Gasteiger partial charge in [0.25, 0.3) is 0 Å². The average molecular weight is 623 g/mol. The molecule has 0 amide bonds. The molecule has 1 aliphatic rings. The van der Waals surface area contributed by atoms with Gasteiger partial charge in [-0.05, 0) is 105 Å². The summed E-state index contributed by atoms with van der Waals surface area (Å²) in [6, 6.07) is 63.1. The minimum atomic E-state index is -0.102. The van der Waals surface area contributed by atoms with Gasteiger partial charge in [0.05, 0.1) is 0 Å². The van der Waals surface area contributed by atoms with Crippen molar-refractivity contribution in [3.8, 4) is 44.5 Å². The highest BCUT2D eigenvalue weighted by atomic mass is 14.4. The zero-order valence-electron chi connectivity index (χ0n) is 27.7. The maximum absolute atomic E-state index is 2.39. The number of benzene rings is 9. The zero-order chi connectivity index (χ0) is 32.7. The van der Waals surface area contributed by atoms with Crippen molar-refractivity contribution >= 4 is 43.1 Å². The van der Waals surface area contributed by atoms with E-state index in [9.17, 15) is 0 Å². The number of fused-ring (bicyclic) bond motifs is 8. The molecule has 0 spiro atoms. The predicted octanol–water partition coefficient (Wildman–Crippen LogP) is 13.6. The van der Waals surface area contributed by atoms with Gasteiger partial charge in [0.15, 0.2) is 0 Å². The van der Waals surface area contributed by atoms with Crippen LogP contribution in [-0.2, 0) is 5.41 Å². The average Bonchev–Trinajstić information content (AvgIpc) is 3.40. The molecule has 230 valence electrons. The van der Waals surface area contributed by atoms with Gasteiger partial charge in [0.2, 0.25) is 0 Å². The second-order valence-electron chi connectivity index (χ2n) is 14.0. The molecule has 0 N–H and O–H groups in total. The summed E-state index contributed by atoms with van der Waals surface area (Å²) >= 11 is 0. The van der Waals surface area contributed by atoms with E-state index in [1.807, 2.05) is 0 Å². The van der Waals surface area contributed by atoms with E-state index in [1.165, 1.54) is 98.7 Å². The summed E-state index contributed by atoms with van der Waals surface area (Å²) in [4.78, 5) is 0. The molecule has 0 saturated carbocycles. The van der Waals surface area contributed by atoms with Crippen LogP contribution in [0.25, 0.3) is 87.6 Å². The number of hydrogen-bond donors (Lipinski definition) is 0. The normalized spacial score (nSPS) is 13.3. The monoisotopic (exact) mass is 622 g/mol. The van der Waals surface area contributed by atoms with E-state index >= 15 is 0 Å². The first-order valence-corrected chi connectivity index (χ1v) is 17.3. The van der Waals surface area contributed by atoms with Crippen LogP contribution in [0.4, 0.5) is 0 Å². The molecule has 0 saturated heterocycles. The topological polar surface area (TPSA) is 0 Å². The van der Waals surface area contributed by atoms with Crippen molar-refractivity contribution in [1.82, 2.24) is 0 Å². The van der Waals surface area contributed by atoms with E-state index in [-0.39, 0.29) is 5.41 Å². The quantitative estimate of drug-likeness (QED) is 0.172. The molecule has 0 unspecified atom stereocenters. The molecule has 0 aromatic heterocycles. The third-order valence-corrected chi connectivity index (χ3v) is 11.0. The molecule has 10 rings (SSSR count). The largest absolute Gasteiger partial charge is 0.0616 e. The summed E-state index contributed by atoms with van der Waals surface area (Å²) in [6.07, 6.45) is 0. The summed E-state index contributed by atoms with van der Waals surface area (Å²) in [5.41, 5.74) is 13.1. The van der Waals surface area contributed by atoms with E-state index in [4.69, 9.17) is 0 Å². The first-order chi connectivity index (χ1) is 24.1. The van der Waals surface area contributed by atoms with E-state index < -0.39 is 0 Å². The number of hydrogen-bond acceptors (Lipinski definition) is 0. The fraction of sp³-hybridized carbons (Fsp3) is 0.0612. The Labute approximate surface area is 286 Å². The summed E-state index contributed by atoms with van der Waals surface area (Å²) in [7, 11) is 0. The van der Waals surface area contributed by atoms with Crippen LogP contribution in [0, 0.1) is 0 Å². The lowest BCUT2D eigenvalue weighted by Gasteiger charge is -2.25. The Kier molecular flexibility index (Phi) is 6.02. The fourth-order valence-corrected chi connectivity index (χ4v) is 8.80. The number of rotatable bonds is 3. The van der Waals surface area contributed by atoms with E-state index in [2.05, 4.69) is 184 Å². The summed E-state index contributed by atoms with van der Waals surface area (Å²) in [6.45, 7) is 4.78. The van der Waals surface area contributed by atoms with Crippen molar-refractivity contribution in [3.63, 3.8) is 0 Å². The van der Waals surface area contributed by atoms with Crippen LogP contribution in [0.5, 0.6) is 0 Å². The highest BCUT2D eigenvalue weighted by molar-refractivity contribution is 6.21. The molecule has 9 aromatic carbocycles. The minimum Gasteiger partial charge on any atom is -0.0616 e. The Hall–Kier alpha value is -5.98. The third-order valence-electron chi connectivity index (χ3n) is 11.0. The Morgan fingerprint density at radius 2 is 0.816 bits per heavy atom. The molecule has 9 aromatic rings. The smallest absolute Gasteiger partial charge is 0.0165 e. The SMILES string of the molecule is CC1(C)c2ccc3ccccc3c2-c2cccc(-c3ccc(-c4c5ccccc5c(-c5ccc6ccccc6c5)c5ccccc45)cc3)c21. The standard InChI is InChI=1S/C49H34/c1-49(2)44-29-28-32-13-5-6-15-37(32)47(44)43-21-11-20-38(48(43)49)33-23-25-34(26-24-33)45-39-16-7-9-18-41(39)46(42-19-10-8-17-40(42)45)36-27-22-31-12-3-4-14-35(31)30-36/h3-30H,1-2H3. The molecule has 0 heterocycles. The van der Waals surface area contributed by atoms with Gasteiger partial charge < -0.3 is 0 Å². The Morgan fingerprint density at radius 3 is 1.49 bits per heavy atom. The van der Waals surface area contributed by atoms with Gasteiger partial charge >= 0.3 is 0 Å². The second-order valence-corrected chi connectivity index (χ2v) is 14.0. The zero-order valence-corrected chi connectivity index (χ0v) is 27.7. The Bertz CT molecular complexity index is 2720. The van der Waals surface area contributed by atoms with Crippen molar-refractivity contribution in [2.24, 2.45) is 0 Å². The van der Waals surface area contributed by atoms with Crippen LogP contribution in [0.3, 0.4) is 0 Å². The molecule has 1 aliphatic carbocycles. The van der Waals surface area contributed by atoms with Crippen molar-refractivity contribution in [2.75, 3.05) is 0 Å². The maximum Gasteiger partial charge on any atom is 0.0165 e. The maximum atomic E-state index is 2.39. The molecule has 0 heteroatoms. The van der Waals surface area contributed by atoms with Gasteiger partial charge in [0, 0.05) is 5.41 Å². The van der Waals surface area contributed by atoms with E-state index in [0.717, 1.165) is 0 Å². The van der Waals surface area contributed by atoms with Gasteiger partial charge in [-0.15, -0.1) is 0 Å². The van der Waals surface area contributed by atoms with Gasteiger partial charge in [-0.1, -0.05) is 178 Å². The van der Waals surface area contributed by atoms with Crippen molar-refractivity contribution in [1.29, 1.82) is 0 Å².